The molecule has 0 spiro atoms. The molecule has 4 heteroatoms. The number of thiophene rings is 1. The van der Waals surface area contributed by atoms with E-state index in [9.17, 15) is 4.79 Å². The first-order chi connectivity index (χ1) is 9.35. The summed E-state index contributed by atoms with van der Waals surface area (Å²) >= 11 is 1.62. The molecule has 3 heterocycles. The van der Waals surface area contributed by atoms with Gasteiger partial charge < -0.3 is 9.80 Å². The van der Waals surface area contributed by atoms with Gasteiger partial charge >= 0.3 is 0 Å². The van der Waals surface area contributed by atoms with Crippen molar-refractivity contribution < 1.29 is 4.79 Å². The molecular weight excluding hydrogens is 256 g/mol. The van der Waals surface area contributed by atoms with Gasteiger partial charge in [0.1, 0.15) is 0 Å². The lowest BCUT2D eigenvalue weighted by atomic mass is 9.96. The van der Waals surface area contributed by atoms with E-state index in [0.29, 0.717) is 0 Å². The third-order valence-electron chi connectivity index (χ3n) is 4.37. The zero-order valence-corrected chi connectivity index (χ0v) is 12.2. The fourth-order valence-corrected chi connectivity index (χ4v) is 4.12. The summed E-state index contributed by atoms with van der Waals surface area (Å²) in [5.41, 5.74) is 0. The molecule has 19 heavy (non-hydrogen) atoms. The minimum atomic E-state index is 0.842. The highest BCUT2D eigenvalue weighted by atomic mass is 32.1. The Morgan fingerprint density at radius 2 is 1.89 bits per heavy atom. The van der Waals surface area contributed by atoms with Crippen LogP contribution in [0.2, 0.25) is 0 Å². The van der Waals surface area contributed by atoms with E-state index in [2.05, 4.69) is 15.9 Å². The number of carbonyl (C=O) groups is 1. The number of rotatable bonds is 4. The predicted molar refractivity (Wildman–Crippen MR) is 80.3 cm³/mol. The van der Waals surface area contributed by atoms with Crippen LogP contribution in [-0.4, -0.2) is 43.9 Å². The number of hydrogen-bond donors (Lipinski definition) is 0. The molecule has 2 aliphatic rings. The van der Waals surface area contributed by atoms with Gasteiger partial charge in [0.2, 0.25) is 0 Å². The molecule has 0 aliphatic carbocycles. The summed E-state index contributed by atoms with van der Waals surface area (Å²) in [5.74, 6) is 0.875. The summed E-state index contributed by atoms with van der Waals surface area (Å²) in [6.07, 6.45) is 6.33. The maximum absolute atomic E-state index is 10.7. The normalized spacial score (nSPS) is 22.0. The van der Waals surface area contributed by atoms with Crippen molar-refractivity contribution in [2.45, 2.75) is 25.7 Å². The second-order valence-corrected chi connectivity index (χ2v) is 6.83. The first-order valence-corrected chi connectivity index (χ1v) is 8.19. The number of aldehydes is 1. The highest BCUT2D eigenvalue weighted by Crippen LogP contribution is 2.29. The van der Waals surface area contributed by atoms with Crippen LogP contribution >= 0.6 is 11.3 Å². The number of nitrogens with zero attached hydrogens (tertiary/aromatic N) is 2. The van der Waals surface area contributed by atoms with Crippen molar-refractivity contribution >= 4 is 22.6 Å². The average molecular weight is 278 g/mol. The number of piperidine rings is 1. The Balaban J connectivity index is 1.49. The van der Waals surface area contributed by atoms with Crippen LogP contribution in [0.3, 0.4) is 0 Å². The van der Waals surface area contributed by atoms with Gasteiger partial charge in [0.25, 0.3) is 0 Å². The molecule has 0 atom stereocenters. The summed E-state index contributed by atoms with van der Waals surface area (Å²) in [5, 5.41) is 1.27. The zero-order valence-electron chi connectivity index (χ0n) is 11.4. The second kappa shape index (κ2) is 6.06. The highest BCUT2D eigenvalue weighted by Gasteiger charge is 2.23. The van der Waals surface area contributed by atoms with E-state index in [1.54, 1.807) is 11.3 Å². The molecule has 0 radical (unpaired) electrons. The molecule has 0 bridgehead atoms. The second-order valence-electron chi connectivity index (χ2n) is 5.73. The van der Waals surface area contributed by atoms with Gasteiger partial charge in [-0.15, -0.1) is 11.3 Å². The predicted octanol–water partition coefficient (Wildman–Crippen LogP) is 2.87. The van der Waals surface area contributed by atoms with Crippen molar-refractivity contribution in [3.05, 3.63) is 17.0 Å². The van der Waals surface area contributed by atoms with Crippen LogP contribution in [0.1, 0.15) is 35.4 Å². The minimum absolute atomic E-state index is 0.842. The van der Waals surface area contributed by atoms with Gasteiger partial charge in [-0.2, -0.15) is 0 Å². The van der Waals surface area contributed by atoms with Gasteiger partial charge in [-0.25, -0.2) is 0 Å². The minimum Gasteiger partial charge on any atom is -0.363 e. The average Bonchev–Trinajstić information content (AvgIpc) is 3.10. The fourth-order valence-electron chi connectivity index (χ4n) is 3.24. The summed E-state index contributed by atoms with van der Waals surface area (Å²) < 4.78 is 0. The Hall–Kier alpha value is -0.870. The van der Waals surface area contributed by atoms with Crippen molar-refractivity contribution in [3.63, 3.8) is 0 Å². The number of hydrogen-bond acceptors (Lipinski definition) is 4. The fraction of sp³-hybridized carbons (Fsp3) is 0.667. The van der Waals surface area contributed by atoms with Crippen LogP contribution in [0.15, 0.2) is 12.1 Å². The summed E-state index contributed by atoms with van der Waals surface area (Å²) in [4.78, 5) is 16.7. The molecule has 0 saturated carbocycles. The summed E-state index contributed by atoms with van der Waals surface area (Å²) in [7, 11) is 0. The van der Waals surface area contributed by atoms with Crippen molar-refractivity contribution in [1.29, 1.82) is 0 Å². The van der Waals surface area contributed by atoms with E-state index in [-0.39, 0.29) is 0 Å². The van der Waals surface area contributed by atoms with Gasteiger partial charge in [-0.05, 0) is 56.8 Å². The molecule has 0 aromatic carbocycles. The van der Waals surface area contributed by atoms with Crippen LogP contribution in [0, 0.1) is 5.92 Å². The Morgan fingerprint density at radius 3 is 2.53 bits per heavy atom. The van der Waals surface area contributed by atoms with E-state index in [0.717, 1.165) is 30.2 Å². The molecule has 1 aromatic heterocycles. The largest absolute Gasteiger partial charge is 0.363 e. The maximum atomic E-state index is 10.7. The molecule has 2 aliphatic heterocycles. The monoisotopic (exact) mass is 278 g/mol. The number of anilines is 1. The molecule has 1 aromatic rings. The Labute approximate surface area is 119 Å². The first kappa shape index (κ1) is 13.1. The van der Waals surface area contributed by atoms with E-state index >= 15 is 0 Å². The van der Waals surface area contributed by atoms with Gasteiger partial charge in [0.05, 0.1) is 9.88 Å². The first-order valence-electron chi connectivity index (χ1n) is 7.37. The topological polar surface area (TPSA) is 23.6 Å². The van der Waals surface area contributed by atoms with Gasteiger partial charge in [0.15, 0.2) is 6.29 Å². The number of likely N-dealkylation sites (tertiary alicyclic amines) is 1. The lowest BCUT2D eigenvalue weighted by Gasteiger charge is -2.34. The quantitative estimate of drug-likeness (QED) is 0.791. The number of carbonyl (C=O) groups excluding carboxylic acids is 1. The maximum Gasteiger partial charge on any atom is 0.160 e. The zero-order chi connectivity index (χ0) is 13.1. The van der Waals surface area contributed by atoms with Gasteiger partial charge in [-0.3, -0.25) is 4.79 Å². The van der Waals surface area contributed by atoms with Crippen LogP contribution in [0.25, 0.3) is 0 Å². The molecule has 0 amide bonds. The van der Waals surface area contributed by atoms with E-state index in [1.165, 1.54) is 50.3 Å². The Kier molecular flexibility index (Phi) is 4.18. The molecule has 3 rings (SSSR count). The van der Waals surface area contributed by atoms with Crippen LogP contribution in [0.5, 0.6) is 0 Å². The third kappa shape index (κ3) is 3.18. The van der Waals surface area contributed by atoms with Crippen molar-refractivity contribution in [1.82, 2.24) is 4.90 Å². The van der Waals surface area contributed by atoms with E-state index in [4.69, 9.17) is 0 Å². The standard InChI is InChI=1S/C15H22N2OS/c18-12-14-3-4-15(19-14)17-9-5-13(6-10-17)11-16-7-1-2-8-16/h3-4,12-13H,1-2,5-11H2. The van der Waals surface area contributed by atoms with Crippen LogP contribution in [-0.2, 0) is 0 Å². The molecule has 0 unspecified atom stereocenters. The van der Waals surface area contributed by atoms with Crippen molar-refractivity contribution in [2.75, 3.05) is 37.6 Å². The lowest BCUT2D eigenvalue weighted by Crippen LogP contribution is -2.37. The van der Waals surface area contributed by atoms with Crippen molar-refractivity contribution in [2.24, 2.45) is 5.92 Å². The molecule has 104 valence electrons. The molecule has 0 N–H and O–H groups in total. The van der Waals surface area contributed by atoms with E-state index < -0.39 is 0 Å². The van der Waals surface area contributed by atoms with E-state index in [1.807, 2.05) is 6.07 Å². The molecular formula is C15H22N2OS. The van der Waals surface area contributed by atoms with Gasteiger partial charge in [0, 0.05) is 19.6 Å². The highest BCUT2D eigenvalue weighted by molar-refractivity contribution is 7.17. The van der Waals surface area contributed by atoms with Crippen molar-refractivity contribution in [3.8, 4) is 0 Å². The Morgan fingerprint density at radius 1 is 1.16 bits per heavy atom. The Bertz CT molecular complexity index is 418. The molecule has 3 nitrogen and oxygen atoms in total. The van der Waals surface area contributed by atoms with Crippen LogP contribution < -0.4 is 4.90 Å². The SMILES string of the molecule is O=Cc1ccc(N2CCC(CN3CCCC3)CC2)s1. The third-order valence-corrected chi connectivity index (χ3v) is 5.44. The smallest absolute Gasteiger partial charge is 0.160 e. The summed E-state index contributed by atoms with van der Waals surface area (Å²) in [6, 6.07) is 4.03. The molecule has 2 fully saturated rings. The van der Waals surface area contributed by atoms with Gasteiger partial charge in [-0.1, -0.05) is 0 Å². The van der Waals surface area contributed by atoms with Crippen LogP contribution in [0.4, 0.5) is 5.00 Å². The molecule has 2 saturated heterocycles. The lowest BCUT2D eigenvalue weighted by molar-refractivity contribution is 0.112. The summed E-state index contributed by atoms with van der Waals surface area (Å²) in [6.45, 7) is 6.23.